The molecule has 0 fully saturated rings. The van der Waals surface area contributed by atoms with Crippen molar-refractivity contribution in [3.8, 4) is 0 Å². The van der Waals surface area contributed by atoms with Gasteiger partial charge in [-0.1, -0.05) is 22.9 Å². The second-order valence-electron chi connectivity index (χ2n) is 3.36. The zero-order valence-electron chi connectivity index (χ0n) is 8.53. The second-order valence-corrected chi connectivity index (χ2v) is 4.47. The van der Waals surface area contributed by atoms with Gasteiger partial charge in [0.1, 0.15) is 11.6 Å². The maximum absolute atomic E-state index is 5.39. The fourth-order valence-electron chi connectivity index (χ4n) is 1.61. The lowest BCUT2D eigenvalue weighted by Crippen LogP contribution is -1.98. The second kappa shape index (κ2) is 4.66. The topological polar surface area (TPSA) is 41.8 Å². The number of aromatic amines is 1. The minimum absolute atomic E-state index is 0.261. The minimum Gasteiger partial charge on any atom is -0.469 e. The molecule has 0 bridgehead atoms. The first kappa shape index (κ1) is 10.5. The third-order valence-corrected chi connectivity index (χ3v) is 3.18. The average Bonchev–Trinajstić information content (AvgIpc) is 2.86. The normalized spacial score (nSPS) is 12.9. The quantitative estimate of drug-likeness (QED) is 0.866. The number of aryl methyl sites for hydroxylation is 1. The van der Waals surface area contributed by atoms with Crippen LogP contribution in [-0.2, 0) is 12.8 Å². The van der Waals surface area contributed by atoms with E-state index >= 15 is 0 Å². The van der Waals surface area contributed by atoms with Crippen molar-refractivity contribution in [1.29, 1.82) is 0 Å². The van der Waals surface area contributed by atoms with E-state index in [4.69, 9.17) is 4.42 Å². The van der Waals surface area contributed by atoms with E-state index in [0.717, 1.165) is 24.4 Å². The van der Waals surface area contributed by atoms with Gasteiger partial charge in [0.25, 0.3) is 0 Å². The third-order valence-electron chi connectivity index (χ3n) is 2.37. The van der Waals surface area contributed by atoms with E-state index in [2.05, 4.69) is 32.8 Å². The molecule has 0 spiro atoms. The third kappa shape index (κ3) is 2.31. The first-order chi connectivity index (χ1) is 7.31. The van der Waals surface area contributed by atoms with Gasteiger partial charge in [-0.2, -0.15) is 0 Å². The van der Waals surface area contributed by atoms with Gasteiger partial charge in [0.2, 0.25) is 0 Å². The van der Waals surface area contributed by atoms with Crippen molar-refractivity contribution in [2.75, 3.05) is 0 Å². The highest BCUT2D eigenvalue weighted by Crippen LogP contribution is 2.29. The van der Waals surface area contributed by atoms with Gasteiger partial charge < -0.3 is 9.40 Å². The highest BCUT2D eigenvalue weighted by atomic mass is 79.9. The summed E-state index contributed by atoms with van der Waals surface area (Å²) in [5.41, 5.74) is 1.22. The molecule has 0 amide bonds. The van der Waals surface area contributed by atoms with Crippen molar-refractivity contribution in [3.63, 3.8) is 0 Å². The van der Waals surface area contributed by atoms with Crippen LogP contribution in [0.15, 0.2) is 29.1 Å². The Bertz CT molecular complexity index is 408. The molecule has 2 aromatic rings. The van der Waals surface area contributed by atoms with Gasteiger partial charge in [0.15, 0.2) is 0 Å². The number of H-pyrrole nitrogens is 1. The molecule has 2 rings (SSSR count). The Morgan fingerprint density at radius 2 is 2.47 bits per heavy atom. The van der Waals surface area contributed by atoms with E-state index in [1.54, 1.807) is 12.5 Å². The van der Waals surface area contributed by atoms with Crippen molar-refractivity contribution in [2.45, 2.75) is 24.6 Å². The van der Waals surface area contributed by atoms with Crippen LogP contribution in [0.2, 0.25) is 0 Å². The monoisotopic (exact) mass is 268 g/mol. The predicted octanol–water partition coefficient (Wildman–Crippen LogP) is 3.24. The zero-order chi connectivity index (χ0) is 10.7. The molecule has 1 atom stereocenters. The number of halogens is 1. The smallest absolute Gasteiger partial charge is 0.107 e. The Morgan fingerprint density at radius 3 is 3.13 bits per heavy atom. The fraction of sp³-hybridized carbons (Fsp3) is 0.364. The number of alkyl halides is 1. The molecule has 2 heterocycles. The molecule has 1 N–H and O–H groups in total. The summed E-state index contributed by atoms with van der Waals surface area (Å²) >= 11 is 3.66. The number of rotatable bonds is 4. The summed E-state index contributed by atoms with van der Waals surface area (Å²) in [7, 11) is 0. The van der Waals surface area contributed by atoms with E-state index in [9.17, 15) is 0 Å². The molecule has 0 saturated carbocycles. The van der Waals surface area contributed by atoms with Crippen LogP contribution in [0.5, 0.6) is 0 Å². The molecular weight excluding hydrogens is 256 g/mol. The van der Waals surface area contributed by atoms with E-state index in [1.165, 1.54) is 5.56 Å². The predicted molar refractivity (Wildman–Crippen MR) is 62.0 cm³/mol. The Labute approximate surface area is 97.0 Å². The summed E-state index contributed by atoms with van der Waals surface area (Å²) in [5.74, 6) is 2.03. The molecule has 1 unspecified atom stereocenters. The van der Waals surface area contributed by atoms with Crippen molar-refractivity contribution >= 4 is 15.9 Å². The summed E-state index contributed by atoms with van der Waals surface area (Å²) in [4.78, 5) is 7.56. The van der Waals surface area contributed by atoms with Crippen LogP contribution in [0.1, 0.15) is 28.9 Å². The number of imidazole rings is 1. The Balaban J connectivity index is 2.11. The minimum atomic E-state index is 0.261. The van der Waals surface area contributed by atoms with Crippen LogP contribution in [-0.4, -0.2) is 9.97 Å². The molecule has 0 aromatic carbocycles. The first-order valence-corrected chi connectivity index (χ1v) is 5.91. The average molecular weight is 269 g/mol. The molecule has 0 aliphatic rings. The van der Waals surface area contributed by atoms with Gasteiger partial charge in [0.05, 0.1) is 6.26 Å². The van der Waals surface area contributed by atoms with Crippen LogP contribution in [0, 0.1) is 0 Å². The first-order valence-electron chi connectivity index (χ1n) is 5.00. The SMILES string of the molecule is CCc1occc1C(Br)Cc1ncc[nH]1. The van der Waals surface area contributed by atoms with Gasteiger partial charge in [0, 0.05) is 35.6 Å². The lowest BCUT2D eigenvalue weighted by Gasteiger charge is -2.07. The Kier molecular flexibility index (Phi) is 3.26. The summed E-state index contributed by atoms with van der Waals surface area (Å²) in [6, 6.07) is 2.02. The molecule has 0 saturated heterocycles. The number of furan rings is 1. The van der Waals surface area contributed by atoms with E-state index in [-0.39, 0.29) is 4.83 Å². The highest BCUT2D eigenvalue weighted by molar-refractivity contribution is 9.09. The van der Waals surface area contributed by atoms with Crippen molar-refractivity contribution in [1.82, 2.24) is 9.97 Å². The lowest BCUT2D eigenvalue weighted by atomic mass is 10.1. The van der Waals surface area contributed by atoms with Gasteiger partial charge in [-0.05, 0) is 6.07 Å². The molecule has 3 nitrogen and oxygen atoms in total. The number of hydrogen-bond donors (Lipinski definition) is 1. The standard InChI is InChI=1S/C11H13BrN2O/c1-2-10-8(3-6-15-10)9(12)7-11-13-4-5-14-11/h3-6,9H,2,7H2,1H3,(H,13,14). The molecule has 80 valence electrons. The largest absolute Gasteiger partial charge is 0.469 e. The van der Waals surface area contributed by atoms with Gasteiger partial charge in [-0.25, -0.2) is 4.98 Å². The molecule has 2 aromatic heterocycles. The Hall–Kier alpha value is -1.03. The van der Waals surface area contributed by atoms with E-state index in [0.29, 0.717) is 0 Å². The highest BCUT2D eigenvalue weighted by Gasteiger charge is 2.15. The number of hydrogen-bond acceptors (Lipinski definition) is 2. The molecule has 0 radical (unpaired) electrons. The van der Waals surface area contributed by atoms with Crippen molar-refractivity contribution in [3.05, 3.63) is 41.9 Å². The van der Waals surface area contributed by atoms with Crippen LogP contribution in [0.3, 0.4) is 0 Å². The lowest BCUT2D eigenvalue weighted by molar-refractivity contribution is 0.510. The van der Waals surface area contributed by atoms with Gasteiger partial charge >= 0.3 is 0 Å². The van der Waals surface area contributed by atoms with E-state index in [1.807, 2.05) is 12.3 Å². The van der Waals surface area contributed by atoms with Crippen LogP contribution >= 0.6 is 15.9 Å². The molecule has 0 aliphatic heterocycles. The molecule has 15 heavy (non-hydrogen) atoms. The summed E-state index contributed by atoms with van der Waals surface area (Å²) in [6.45, 7) is 2.09. The molecular formula is C11H13BrN2O. The maximum atomic E-state index is 5.39. The molecule has 0 aliphatic carbocycles. The number of nitrogens with one attached hydrogen (secondary N) is 1. The van der Waals surface area contributed by atoms with Crippen LogP contribution in [0.4, 0.5) is 0 Å². The van der Waals surface area contributed by atoms with Crippen LogP contribution in [0.25, 0.3) is 0 Å². The maximum Gasteiger partial charge on any atom is 0.107 e. The number of aromatic nitrogens is 2. The van der Waals surface area contributed by atoms with Gasteiger partial charge in [-0.3, -0.25) is 0 Å². The molecule has 4 heteroatoms. The fourth-order valence-corrected chi connectivity index (χ4v) is 2.32. The Morgan fingerprint density at radius 1 is 1.60 bits per heavy atom. The summed E-state index contributed by atoms with van der Waals surface area (Å²) < 4.78 is 5.39. The summed E-state index contributed by atoms with van der Waals surface area (Å²) in [5, 5.41) is 0. The van der Waals surface area contributed by atoms with Crippen LogP contribution < -0.4 is 0 Å². The summed E-state index contributed by atoms with van der Waals surface area (Å²) in [6.07, 6.45) is 7.11. The van der Waals surface area contributed by atoms with Crippen molar-refractivity contribution < 1.29 is 4.42 Å². The van der Waals surface area contributed by atoms with Gasteiger partial charge in [-0.15, -0.1) is 0 Å². The van der Waals surface area contributed by atoms with E-state index < -0.39 is 0 Å². The zero-order valence-corrected chi connectivity index (χ0v) is 10.1. The van der Waals surface area contributed by atoms with Crippen molar-refractivity contribution in [2.24, 2.45) is 0 Å². The number of nitrogens with zero attached hydrogens (tertiary/aromatic N) is 1.